The zero-order valence-corrected chi connectivity index (χ0v) is 9.64. The highest BCUT2D eigenvalue weighted by molar-refractivity contribution is 7.99. The lowest BCUT2D eigenvalue weighted by molar-refractivity contribution is -0.130. The summed E-state index contributed by atoms with van der Waals surface area (Å²) in [5.41, 5.74) is 0. The van der Waals surface area contributed by atoms with Crippen molar-refractivity contribution in [2.24, 2.45) is 5.92 Å². The molecule has 0 bridgehead atoms. The highest BCUT2D eigenvalue weighted by atomic mass is 32.2. The van der Waals surface area contributed by atoms with Crippen molar-refractivity contribution in [3.8, 4) is 0 Å². The van der Waals surface area contributed by atoms with Crippen molar-refractivity contribution < 1.29 is 4.79 Å². The number of nitrogens with one attached hydrogen (secondary N) is 1. The topological polar surface area (TPSA) is 32.3 Å². The Balaban J connectivity index is 2.08. The van der Waals surface area contributed by atoms with Crippen molar-refractivity contribution in [2.45, 2.75) is 32.5 Å². The maximum absolute atomic E-state index is 11.7. The fourth-order valence-electron chi connectivity index (χ4n) is 2.27. The molecule has 0 aromatic rings. The summed E-state index contributed by atoms with van der Waals surface area (Å²) in [6, 6.07) is 0.481. The molecule has 2 aliphatic heterocycles. The van der Waals surface area contributed by atoms with E-state index in [-0.39, 0.29) is 12.1 Å². The summed E-state index contributed by atoms with van der Waals surface area (Å²) in [6.45, 7) is 4.88. The van der Waals surface area contributed by atoms with E-state index in [4.69, 9.17) is 0 Å². The van der Waals surface area contributed by atoms with Gasteiger partial charge in [-0.1, -0.05) is 13.8 Å². The maximum Gasteiger partial charge on any atom is 0.238 e. The molecule has 2 rings (SSSR count). The van der Waals surface area contributed by atoms with E-state index in [0.717, 1.165) is 5.75 Å². The molecule has 2 atom stereocenters. The van der Waals surface area contributed by atoms with Gasteiger partial charge in [0.1, 0.15) is 0 Å². The Hall–Kier alpha value is -0.220. The summed E-state index contributed by atoms with van der Waals surface area (Å²) in [7, 11) is 0. The Labute approximate surface area is 89.6 Å². The van der Waals surface area contributed by atoms with Gasteiger partial charge in [-0.25, -0.2) is 0 Å². The normalized spacial score (nSPS) is 33.4. The summed E-state index contributed by atoms with van der Waals surface area (Å²) < 4.78 is 0. The average molecular weight is 214 g/mol. The number of amides is 1. The third-order valence-corrected chi connectivity index (χ3v) is 4.13. The van der Waals surface area contributed by atoms with Gasteiger partial charge in [0.15, 0.2) is 0 Å². The fraction of sp³-hybridized carbons (Fsp3) is 0.900. The first-order chi connectivity index (χ1) is 6.70. The van der Waals surface area contributed by atoms with Gasteiger partial charge in [0, 0.05) is 11.8 Å². The van der Waals surface area contributed by atoms with E-state index >= 15 is 0 Å². The second kappa shape index (κ2) is 4.11. The third kappa shape index (κ3) is 1.77. The lowest BCUT2D eigenvalue weighted by Gasteiger charge is -2.32. The number of hydrogen-bond acceptors (Lipinski definition) is 3. The quantitative estimate of drug-likeness (QED) is 0.741. The Kier molecular flexibility index (Phi) is 3.02. The predicted octanol–water partition coefficient (Wildman–Crippen LogP) is 0.906. The van der Waals surface area contributed by atoms with Gasteiger partial charge in [-0.3, -0.25) is 10.1 Å². The summed E-state index contributed by atoms with van der Waals surface area (Å²) in [5.74, 6) is 3.12. The first-order valence-electron chi connectivity index (χ1n) is 5.32. The second-order valence-corrected chi connectivity index (χ2v) is 5.54. The van der Waals surface area contributed by atoms with Crippen LogP contribution in [0.15, 0.2) is 0 Å². The van der Waals surface area contributed by atoms with Gasteiger partial charge in [0.05, 0.1) is 12.7 Å². The number of carbonyl (C=O) groups is 1. The minimum atomic E-state index is 0.270. The number of nitrogens with zero attached hydrogens (tertiary/aromatic N) is 1. The van der Waals surface area contributed by atoms with Crippen molar-refractivity contribution in [1.29, 1.82) is 0 Å². The molecule has 1 amide bonds. The van der Waals surface area contributed by atoms with Crippen LogP contribution in [-0.4, -0.2) is 41.1 Å². The highest BCUT2D eigenvalue weighted by Gasteiger charge is 2.38. The smallest absolute Gasteiger partial charge is 0.238 e. The Morgan fingerprint density at radius 3 is 2.93 bits per heavy atom. The lowest BCUT2D eigenvalue weighted by Crippen LogP contribution is -2.47. The molecule has 2 aliphatic rings. The molecule has 2 saturated heterocycles. The summed E-state index contributed by atoms with van der Waals surface area (Å²) >= 11 is 1.96. The van der Waals surface area contributed by atoms with Crippen molar-refractivity contribution in [1.82, 2.24) is 10.2 Å². The summed E-state index contributed by atoms with van der Waals surface area (Å²) in [6.07, 6.45) is 1.44. The van der Waals surface area contributed by atoms with E-state index in [1.807, 2.05) is 11.8 Å². The van der Waals surface area contributed by atoms with Crippen LogP contribution in [0.5, 0.6) is 0 Å². The standard InChI is InChI=1S/C10H18N2OS/c1-7(2)10-11-5-9(13)12(10)8-3-4-14-6-8/h7-8,10-11H,3-6H2,1-2H3. The predicted molar refractivity (Wildman–Crippen MR) is 59.2 cm³/mol. The van der Waals surface area contributed by atoms with E-state index < -0.39 is 0 Å². The molecule has 0 aromatic carbocycles. The van der Waals surface area contributed by atoms with Crippen LogP contribution < -0.4 is 5.32 Å². The maximum atomic E-state index is 11.7. The van der Waals surface area contributed by atoms with Gasteiger partial charge < -0.3 is 4.90 Å². The van der Waals surface area contributed by atoms with Gasteiger partial charge >= 0.3 is 0 Å². The number of rotatable bonds is 2. The van der Waals surface area contributed by atoms with Crippen LogP contribution in [0.3, 0.4) is 0 Å². The van der Waals surface area contributed by atoms with E-state index in [9.17, 15) is 4.79 Å². The largest absolute Gasteiger partial charge is 0.322 e. The zero-order valence-electron chi connectivity index (χ0n) is 8.82. The lowest BCUT2D eigenvalue weighted by atomic mass is 10.1. The molecule has 3 nitrogen and oxygen atoms in total. The summed E-state index contributed by atoms with van der Waals surface area (Å²) in [5, 5.41) is 3.30. The fourth-order valence-corrected chi connectivity index (χ4v) is 3.47. The van der Waals surface area contributed by atoms with E-state index in [1.54, 1.807) is 0 Å². The molecule has 0 saturated carbocycles. The van der Waals surface area contributed by atoms with Gasteiger partial charge in [-0.05, 0) is 18.1 Å². The third-order valence-electron chi connectivity index (χ3n) is 2.98. The van der Waals surface area contributed by atoms with Crippen LogP contribution in [0.1, 0.15) is 20.3 Å². The van der Waals surface area contributed by atoms with E-state index in [0.29, 0.717) is 18.5 Å². The van der Waals surface area contributed by atoms with Crippen molar-refractivity contribution in [2.75, 3.05) is 18.1 Å². The summed E-state index contributed by atoms with van der Waals surface area (Å²) in [4.78, 5) is 13.8. The number of thioether (sulfide) groups is 1. The minimum absolute atomic E-state index is 0.270. The molecule has 80 valence electrons. The van der Waals surface area contributed by atoms with E-state index in [1.165, 1.54) is 12.2 Å². The number of hydrogen-bond donors (Lipinski definition) is 1. The highest BCUT2D eigenvalue weighted by Crippen LogP contribution is 2.27. The molecule has 14 heavy (non-hydrogen) atoms. The molecule has 0 aromatic heterocycles. The number of carbonyl (C=O) groups excluding carboxylic acids is 1. The molecular formula is C10H18N2OS. The van der Waals surface area contributed by atoms with Crippen LogP contribution in [-0.2, 0) is 4.79 Å². The van der Waals surface area contributed by atoms with Gasteiger partial charge in [-0.2, -0.15) is 11.8 Å². The van der Waals surface area contributed by atoms with Gasteiger partial charge in [0.2, 0.25) is 5.91 Å². The van der Waals surface area contributed by atoms with Gasteiger partial charge in [0.25, 0.3) is 0 Å². The van der Waals surface area contributed by atoms with Crippen LogP contribution in [0.2, 0.25) is 0 Å². The van der Waals surface area contributed by atoms with Gasteiger partial charge in [-0.15, -0.1) is 0 Å². The molecule has 2 unspecified atom stereocenters. The molecule has 2 heterocycles. The van der Waals surface area contributed by atoms with Crippen LogP contribution in [0.4, 0.5) is 0 Å². The van der Waals surface area contributed by atoms with Crippen molar-refractivity contribution in [3.63, 3.8) is 0 Å². The second-order valence-electron chi connectivity index (χ2n) is 4.39. The van der Waals surface area contributed by atoms with Crippen LogP contribution >= 0.6 is 11.8 Å². The van der Waals surface area contributed by atoms with E-state index in [2.05, 4.69) is 24.1 Å². The molecule has 4 heteroatoms. The SMILES string of the molecule is CC(C)C1NCC(=O)N1C1CCSC1. The van der Waals surface area contributed by atoms with Crippen molar-refractivity contribution in [3.05, 3.63) is 0 Å². The minimum Gasteiger partial charge on any atom is -0.322 e. The molecule has 0 radical (unpaired) electrons. The molecule has 0 aliphatic carbocycles. The van der Waals surface area contributed by atoms with Crippen LogP contribution in [0, 0.1) is 5.92 Å². The first kappa shape index (κ1) is 10.3. The monoisotopic (exact) mass is 214 g/mol. The average Bonchev–Trinajstić information content (AvgIpc) is 2.71. The Bertz CT molecular complexity index is 226. The first-order valence-corrected chi connectivity index (χ1v) is 6.48. The van der Waals surface area contributed by atoms with Crippen LogP contribution in [0.25, 0.3) is 0 Å². The molecule has 2 fully saturated rings. The Morgan fingerprint density at radius 1 is 1.57 bits per heavy atom. The Morgan fingerprint density at radius 2 is 2.36 bits per heavy atom. The van der Waals surface area contributed by atoms with Crippen molar-refractivity contribution >= 4 is 17.7 Å². The molecule has 1 N–H and O–H groups in total. The zero-order chi connectivity index (χ0) is 10.1. The molecule has 0 spiro atoms. The molecular weight excluding hydrogens is 196 g/mol.